The van der Waals surface area contributed by atoms with Gasteiger partial charge in [-0.3, -0.25) is 9.80 Å². The van der Waals surface area contributed by atoms with E-state index in [-0.39, 0.29) is 37.8 Å². The van der Waals surface area contributed by atoms with E-state index in [9.17, 15) is 13.6 Å². The molecule has 0 aromatic heterocycles. The third-order valence-electron chi connectivity index (χ3n) is 9.82. The highest BCUT2D eigenvalue weighted by atomic mass is 19.1. The number of hydrogen-bond donors (Lipinski definition) is 0. The Morgan fingerprint density at radius 1 is 0.961 bits per heavy atom. The molecule has 3 aromatic carbocycles. The van der Waals surface area contributed by atoms with Crippen molar-refractivity contribution in [3.8, 4) is 17.2 Å². The van der Waals surface area contributed by atoms with Crippen LogP contribution in [0.5, 0.6) is 17.2 Å². The Bertz CT molecular complexity index is 1670. The fourth-order valence-electron chi connectivity index (χ4n) is 7.64. The number of nitrogens with zero attached hydrogens (tertiary/aromatic N) is 2. The summed E-state index contributed by atoms with van der Waals surface area (Å²) >= 11 is 0. The zero-order valence-electron chi connectivity index (χ0n) is 29.5. The second-order valence-electron chi connectivity index (χ2n) is 14.7. The van der Waals surface area contributed by atoms with Crippen molar-refractivity contribution in [1.82, 2.24) is 9.80 Å². The maximum absolute atomic E-state index is 14.2. The first kappa shape index (κ1) is 35.4. The maximum Gasteiger partial charge on any atom is 0.412 e. The Morgan fingerprint density at radius 2 is 1.71 bits per heavy atom. The molecular formula is C39H46F2N2O8. The van der Waals surface area contributed by atoms with E-state index in [1.54, 1.807) is 4.90 Å². The van der Waals surface area contributed by atoms with Crippen LogP contribution in [0, 0.1) is 23.5 Å². The van der Waals surface area contributed by atoms with Crippen molar-refractivity contribution >= 4 is 6.09 Å². The van der Waals surface area contributed by atoms with E-state index in [1.165, 1.54) is 12.1 Å². The summed E-state index contributed by atoms with van der Waals surface area (Å²) in [5.74, 6) is 1.13. The van der Waals surface area contributed by atoms with E-state index >= 15 is 0 Å². The van der Waals surface area contributed by atoms with Crippen LogP contribution in [0.15, 0.2) is 60.7 Å². The molecule has 0 unspecified atom stereocenters. The van der Waals surface area contributed by atoms with Gasteiger partial charge in [0, 0.05) is 25.7 Å². The summed E-state index contributed by atoms with van der Waals surface area (Å²) in [5, 5.41) is 0. The van der Waals surface area contributed by atoms with E-state index < -0.39 is 29.6 Å². The van der Waals surface area contributed by atoms with Gasteiger partial charge in [0.25, 0.3) is 0 Å². The number of halogens is 2. The molecule has 0 N–H and O–H groups in total. The highest BCUT2D eigenvalue weighted by molar-refractivity contribution is 5.70. The predicted molar refractivity (Wildman–Crippen MR) is 182 cm³/mol. The second kappa shape index (κ2) is 14.9. The van der Waals surface area contributed by atoms with Crippen LogP contribution in [-0.2, 0) is 38.5 Å². The van der Waals surface area contributed by atoms with Gasteiger partial charge in [0.05, 0.1) is 31.3 Å². The second-order valence-corrected chi connectivity index (χ2v) is 14.7. The van der Waals surface area contributed by atoms with Crippen molar-refractivity contribution in [2.45, 2.75) is 84.0 Å². The number of hydrogen-bond acceptors (Lipinski definition) is 9. The molecule has 12 heteroatoms. The molecule has 0 spiro atoms. The summed E-state index contributed by atoms with van der Waals surface area (Å²) in [6.07, 6.45) is -0.249. The monoisotopic (exact) mass is 708 g/mol. The van der Waals surface area contributed by atoms with E-state index in [0.717, 1.165) is 41.7 Å². The molecule has 7 rings (SSSR count). The third-order valence-corrected chi connectivity index (χ3v) is 9.82. The minimum atomic E-state index is -0.955. The zero-order chi connectivity index (χ0) is 35.7. The van der Waals surface area contributed by atoms with Crippen molar-refractivity contribution in [2.24, 2.45) is 11.8 Å². The molecule has 3 aromatic rings. The number of benzene rings is 3. The minimum absolute atomic E-state index is 0.00878. The molecule has 5 atom stereocenters. The first-order valence-electron chi connectivity index (χ1n) is 17.7. The summed E-state index contributed by atoms with van der Waals surface area (Å²) in [5.41, 5.74) is 1.50. The van der Waals surface area contributed by atoms with Crippen LogP contribution in [0.1, 0.15) is 50.8 Å². The standard InChI is InChI=1S/C39H46F2N2O8/c1-24(2)18-42(19-26-7-10-33-34(16-26)49-23-48-33)20-35-32(15-25-5-8-30(9-6-25)46-21-27-13-28(40)17-29(41)14-27)43(39(3,4)51-35)38(44)50-36-22-47-37-31(36)11-12-45-37/h5-10,13-14,16-17,24,31-32,35-37H,11-12,15,18-23H2,1-4H3/t31-,32-,35+,36-,37+/m0/s1. The number of amides is 1. The summed E-state index contributed by atoms with van der Waals surface area (Å²) in [7, 11) is 0. The van der Waals surface area contributed by atoms with Gasteiger partial charge in [-0.05, 0) is 85.7 Å². The van der Waals surface area contributed by atoms with E-state index in [2.05, 4.69) is 24.8 Å². The Morgan fingerprint density at radius 3 is 2.47 bits per heavy atom. The molecule has 3 fully saturated rings. The SMILES string of the molecule is CC(C)CN(Cc1ccc2c(c1)OCO2)C[C@H]1OC(C)(C)N(C(=O)O[C@H]2CO[C@H]3OCC[C@H]32)[C@H]1Cc1ccc(OCc2cc(F)cc(F)c2)cc1. The van der Waals surface area contributed by atoms with E-state index in [4.69, 9.17) is 33.2 Å². The lowest BCUT2D eigenvalue weighted by atomic mass is 9.99. The lowest BCUT2D eigenvalue weighted by Crippen LogP contribution is -2.51. The molecule has 51 heavy (non-hydrogen) atoms. The van der Waals surface area contributed by atoms with E-state index in [0.29, 0.717) is 50.0 Å². The molecule has 4 heterocycles. The lowest BCUT2D eigenvalue weighted by molar-refractivity contribution is -0.0912. The van der Waals surface area contributed by atoms with Crippen molar-refractivity contribution in [2.75, 3.05) is 33.1 Å². The Balaban J connectivity index is 1.11. The van der Waals surface area contributed by atoms with Crippen LogP contribution in [0.3, 0.4) is 0 Å². The van der Waals surface area contributed by atoms with Gasteiger partial charge < -0.3 is 33.2 Å². The van der Waals surface area contributed by atoms with Gasteiger partial charge in [-0.25, -0.2) is 13.6 Å². The highest BCUT2D eigenvalue weighted by Crippen LogP contribution is 2.39. The summed E-state index contributed by atoms with van der Waals surface area (Å²) < 4.78 is 68.7. The summed E-state index contributed by atoms with van der Waals surface area (Å²) in [6.45, 7) is 11.4. The molecule has 1 amide bonds. The van der Waals surface area contributed by atoms with Crippen molar-refractivity contribution in [1.29, 1.82) is 0 Å². The van der Waals surface area contributed by atoms with Crippen LogP contribution in [0.2, 0.25) is 0 Å². The Labute approximate surface area is 297 Å². The van der Waals surface area contributed by atoms with E-state index in [1.807, 2.05) is 50.2 Å². The molecule has 10 nitrogen and oxygen atoms in total. The fraction of sp³-hybridized carbons (Fsp3) is 0.513. The smallest absolute Gasteiger partial charge is 0.412 e. The van der Waals surface area contributed by atoms with Crippen molar-refractivity contribution < 1.29 is 46.7 Å². The summed E-state index contributed by atoms with van der Waals surface area (Å²) in [6, 6.07) is 16.5. The van der Waals surface area contributed by atoms with Crippen LogP contribution in [-0.4, -0.2) is 79.3 Å². The van der Waals surface area contributed by atoms with Gasteiger partial charge >= 0.3 is 6.09 Å². The predicted octanol–water partition coefficient (Wildman–Crippen LogP) is 6.68. The molecule has 0 saturated carbocycles. The average Bonchev–Trinajstić information content (AvgIpc) is 3.85. The van der Waals surface area contributed by atoms with Gasteiger partial charge in [-0.15, -0.1) is 0 Å². The first-order chi connectivity index (χ1) is 24.5. The van der Waals surface area contributed by atoms with Crippen LogP contribution >= 0.6 is 0 Å². The largest absolute Gasteiger partial charge is 0.489 e. The molecule has 0 bridgehead atoms. The minimum Gasteiger partial charge on any atom is -0.489 e. The Hall–Kier alpha value is -3.97. The van der Waals surface area contributed by atoms with Gasteiger partial charge in [0.15, 0.2) is 17.8 Å². The topological polar surface area (TPSA) is 88.2 Å². The Kier molecular flexibility index (Phi) is 10.4. The van der Waals surface area contributed by atoms with Gasteiger partial charge in [-0.1, -0.05) is 32.0 Å². The third kappa shape index (κ3) is 8.25. The first-order valence-corrected chi connectivity index (χ1v) is 17.7. The maximum atomic E-state index is 14.2. The molecule has 4 aliphatic rings. The number of rotatable bonds is 12. The molecule has 274 valence electrons. The number of fused-ring (bicyclic) bond motifs is 2. The van der Waals surface area contributed by atoms with Gasteiger partial charge in [0.2, 0.25) is 6.79 Å². The van der Waals surface area contributed by atoms with Crippen LogP contribution in [0.4, 0.5) is 13.6 Å². The molecular weight excluding hydrogens is 662 g/mol. The molecule has 4 aliphatic heterocycles. The van der Waals surface area contributed by atoms with Crippen molar-refractivity contribution in [3.05, 3.63) is 89.0 Å². The fourth-order valence-corrected chi connectivity index (χ4v) is 7.64. The summed E-state index contributed by atoms with van der Waals surface area (Å²) in [4.78, 5) is 18.3. The zero-order valence-corrected chi connectivity index (χ0v) is 29.5. The average molecular weight is 709 g/mol. The number of carbonyl (C=O) groups excluding carboxylic acids is 1. The number of ether oxygens (including phenoxy) is 7. The van der Waals surface area contributed by atoms with Gasteiger partial charge in [-0.2, -0.15) is 0 Å². The molecule has 0 aliphatic carbocycles. The van der Waals surface area contributed by atoms with Gasteiger partial charge in [0.1, 0.15) is 35.8 Å². The highest BCUT2D eigenvalue weighted by Gasteiger charge is 2.52. The molecule has 0 radical (unpaired) electrons. The number of carbonyl (C=O) groups is 1. The quantitative estimate of drug-likeness (QED) is 0.205. The lowest BCUT2D eigenvalue weighted by Gasteiger charge is -2.34. The van der Waals surface area contributed by atoms with Crippen LogP contribution in [0.25, 0.3) is 0 Å². The van der Waals surface area contributed by atoms with Crippen LogP contribution < -0.4 is 14.2 Å². The molecule has 3 saturated heterocycles. The van der Waals surface area contributed by atoms with Crippen molar-refractivity contribution in [3.63, 3.8) is 0 Å². The normalized spacial score (nSPS) is 24.8.